The Labute approximate surface area is 177 Å². The molecule has 0 spiro atoms. The minimum Gasteiger partial charge on any atom is -0.377 e. The Balaban J connectivity index is 1.51. The number of anilines is 1. The number of aromatic nitrogens is 4. The van der Waals surface area contributed by atoms with Gasteiger partial charge in [-0.3, -0.25) is 9.48 Å². The molecule has 9 heteroatoms. The van der Waals surface area contributed by atoms with Gasteiger partial charge in [-0.25, -0.2) is 0 Å². The molecule has 1 N–H and O–H groups in total. The minimum absolute atomic E-state index is 0.0382. The van der Waals surface area contributed by atoms with E-state index in [0.717, 1.165) is 10.4 Å². The van der Waals surface area contributed by atoms with Gasteiger partial charge in [0.05, 0.1) is 40.9 Å². The molecule has 0 bridgehead atoms. The predicted molar refractivity (Wildman–Crippen MR) is 112 cm³/mol. The smallest absolute Gasteiger partial charge is 0.292 e. The summed E-state index contributed by atoms with van der Waals surface area (Å²) in [6.07, 6.45) is 8.38. The molecule has 1 aliphatic carbocycles. The first-order valence-corrected chi connectivity index (χ1v) is 10.2. The van der Waals surface area contributed by atoms with Gasteiger partial charge in [0, 0.05) is 11.2 Å². The molecule has 0 amide bonds. The first kappa shape index (κ1) is 19.3. The quantitative estimate of drug-likeness (QED) is 0.601. The summed E-state index contributed by atoms with van der Waals surface area (Å²) in [5, 5.41) is 12.8. The highest BCUT2D eigenvalue weighted by molar-refractivity contribution is 6.36. The number of hydrogen-bond acceptors (Lipinski definition) is 4. The van der Waals surface area contributed by atoms with Gasteiger partial charge >= 0.3 is 0 Å². The number of nitrogens with zero attached hydrogens (tertiary/aromatic N) is 4. The maximum absolute atomic E-state index is 12.6. The van der Waals surface area contributed by atoms with Crippen LogP contribution in [0.5, 0.6) is 0 Å². The maximum atomic E-state index is 12.6. The van der Waals surface area contributed by atoms with Crippen molar-refractivity contribution in [3.63, 3.8) is 0 Å². The van der Waals surface area contributed by atoms with Gasteiger partial charge in [0.2, 0.25) is 0 Å². The summed E-state index contributed by atoms with van der Waals surface area (Å²) in [6, 6.07) is 7.27. The van der Waals surface area contributed by atoms with Gasteiger partial charge in [0.25, 0.3) is 5.56 Å². The molecule has 1 fully saturated rings. The molecule has 6 nitrogen and oxygen atoms in total. The van der Waals surface area contributed by atoms with Crippen molar-refractivity contribution in [3.05, 3.63) is 67.8 Å². The van der Waals surface area contributed by atoms with Gasteiger partial charge < -0.3 is 5.32 Å². The molecule has 0 unspecified atom stereocenters. The van der Waals surface area contributed by atoms with Crippen LogP contribution in [0, 0.1) is 0 Å². The average molecular weight is 439 g/mol. The Kier molecular flexibility index (Phi) is 5.62. The second-order valence-electron chi connectivity index (χ2n) is 6.76. The number of hydrogen-bond donors (Lipinski definition) is 1. The molecule has 146 valence electrons. The third-order valence-electron chi connectivity index (χ3n) is 4.88. The van der Waals surface area contributed by atoms with E-state index < -0.39 is 5.56 Å². The SMILES string of the molecule is O=c1c(Cl)c(NCc2ccn(C3CCCC3)n2)cnn1-c1ccc(Cl)cc1Cl. The van der Waals surface area contributed by atoms with Crippen molar-refractivity contribution in [2.24, 2.45) is 0 Å². The van der Waals surface area contributed by atoms with E-state index in [4.69, 9.17) is 34.8 Å². The van der Waals surface area contributed by atoms with Crippen molar-refractivity contribution >= 4 is 40.5 Å². The summed E-state index contributed by atoms with van der Waals surface area (Å²) in [5.41, 5.74) is 1.28. The van der Waals surface area contributed by atoms with Crippen LogP contribution < -0.4 is 10.9 Å². The molecule has 1 saturated carbocycles. The summed E-state index contributed by atoms with van der Waals surface area (Å²) < 4.78 is 3.19. The van der Waals surface area contributed by atoms with Crippen molar-refractivity contribution in [1.82, 2.24) is 19.6 Å². The lowest BCUT2D eigenvalue weighted by molar-refractivity contribution is 0.463. The molecule has 4 rings (SSSR count). The predicted octanol–water partition coefficient (Wildman–Crippen LogP) is 5.12. The Morgan fingerprint density at radius 1 is 1.14 bits per heavy atom. The lowest BCUT2D eigenvalue weighted by atomic mass is 10.3. The summed E-state index contributed by atoms with van der Waals surface area (Å²) >= 11 is 18.4. The molecule has 1 aliphatic rings. The van der Waals surface area contributed by atoms with E-state index in [1.807, 2.05) is 16.9 Å². The van der Waals surface area contributed by atoms with Gasteiger partial charge in [0.1, 0.15) is 5.02 Å². The van der Waals surface area contributed by atoms with Crippen LogP contribution in [0.15, 0.2) is 41.5 Å². The fourth-order valence-electron chi connectivity index (χ4n) is 3.41. The fraction of sp³-hybridized carbons (Fsp3) is 0.316. The van der Waals surface area contributed by atoms with Crippen molar-refractivity contribution in [2.45, 2.75) is 38.3 Å². The van der Waals surface area contributed by atoms with E-state index in [-0.39, 0.29) is 5.02 Å². The van der Waals surface area contributed by atoms with Crippen LogP contribution in [0.1, 0.15) is 37.4 Å². The van der Waals surface area contributed by atoms with Crippen molar-refractivity contribution < 1.29 is 0 Å². The molecular weight excluding hydrogens is 421 g/mol. The van der Waals surface area contributed by atoms with Gasteiger partial charge in [-0.1, -0.05) is 47.6 Å². The monoisotopic (exact) mass is 437 g/mol. The van der Waals surface area contributed by atoms with Crippen LogP contribution in [0.3, 0.4) is 0 Å². The topological polar surface area (TPSA) is 64.7 Å². The van der Waals surface area contributed by atoms with Gasteiger partial charge in [-0.2, -0.15) is 14.9 Å². The Morgan fingerprint density at radius 3 is 2.68 bits per heavy atom. The van der Waals surface area contributed by atoms with Gasteiger partial charge in [-0.15, -0.1) is 0 Å². The summed E-state index contributed by atoms with van der Waals surface area (Å²) in [7, 11) is 0. The van der Waals surface area contributed by atoms with Crippen molar-refractivity contribution in [1.29, 1.82) is 0 Å². The summed E-state index contributed by atoms with van der Waals surface area (Å²) in [4.78, 5) is 12.6. The molecule has 1 aromatic carbocycles. The van der Waals surface area contributed by atoms with Crippen LogP contribution in [0.2, 0.25) is 15.1 Å². The van der Waals surface area contributed by atoms with E-state index in [1.165, 1.54) is 31.9 Å². The zero-order valence-corrected chi connectivity index (χ0v) is 17.2. The second-order valence-corrected chi connectivity index (χ2v) is 7.99. The third kappa shape index (κ3) is 3.90. The zero-order valence-electron chi connectivity index (χ0n) is 14.9. The van der Waals surface area contributed by atoms with E-state index in [0.29, 0.717) is 34.0 Å². The van der Waals surface area contributed by atoms with E-state index in [9.17, 15) is 4.79 Å². The summed E-state index contributed by atoms with van der Waals surface area (Å²) in [6.45, 7) is 0.451. The Morgan fingerprint density at radius 2 is 1.93 bits per heavy atom. The largest absolute Gasteiger partial charge is 0.377 e. The highest BCUT2D eigenvalue weighted by Gasteiger charge is 2.18. The Bertz CT molecular complexity index is 1060. The average Bonchev–Trinajstić information content (AvgIpc) is 3.35. The van der Waals surface area contributed by atoms with Crippen molar-refractivity contribution in [2.75, 3.05) is 5.32 Å². The molecule has 2 heterocycles. The standard InChI is InChI=1S/C19H18Cl3N5O/c20-12-5-6-17(15(21)9-12)27-19(28)18(22)16(11-24-27)23-10-13-7-8-26(25-13)14-3-1-2-4-14/h5-9,11,14,23H,1-4,10H2. The Hall–Kier alpha value is -2.02. The fourth-order valence-corrected chi connectivity index (χ4v) is 4.09. The van der Waals surface area contributed by atoms with E-state index in [2.05, 4.69) is 15.5 Å². The highest BCUT2D eigenvalue weighted by atomic mass is 35.5. The number of nitrogens with one attached hydrogen (secondary N) is 1. The molecule has 0 radical (unpaired) electrons. The van der Waals surface area contributed by atoms with Crippen LogP contribution in [0.4, 0.5) is 5.69 Å². The third-order valence-corrected chi connectivity index (χ3v) is 5.78. The number of halogens is 3. The lowest BCUT2D eigenvalue weighted by Gasteiger charge is -2.11. The maximum Gasteiger partial charge on any atom is 0.292 e. The molecule has 28 heavy (non-hydrogen) atoms. The molecule has 0 atom stereocenters. The number of benzene rings is 1. The van der Waals surface area contributed by atoms with Crippen LogP contribution in [-0.4, -0.2) is 19.6 Å². The molecule has 2 aromatic heterocycles. The normalized spacial score (nSPS) is 14.5. The first-order chi connectivity index (χ1) is 13.5. The van der Waals surface area contributed by atoms with Crippen LogP contribution >= 0.6 is 34.8 Å². The van der Waals surface area contributed by atoms with E-state index >= 15 is 0 Å². The summed E-state index contributed by atoms with van der Waals surface area (Å²) in [5.74, 6) is 0. The van der Waals surface area contributed by atoms with Gasteiger partial charge in [0.15, 0.2) is 0 Å². The lowest BCUT2D eigenvalue weighted by Crippen LogP contribution is -2.23. The van der Waals surface area contributed by atoms with Gasteiger partial charge in [-0.05, 0) is 37.1 Å². The minimum atomic E-state index is -0.465. The van der Waals surface area contributed by atoms with Crippen LogP contribution in [0.25, 0.3) is 5.69 Å². The van der Waals surface area contributed by atoms with Crippen LogP contribution in [-0.2, 0) is 6.54 Å². The molecule has 3 aromatic rings. The molecule has 0 saturated heterocycles. The zero-order chi connectivity index (χ0) is 19.7. The molecular formula is C19H18Cl3N5O. The van der Waals surface area contributed by atoms with E-state index in [1.54, 1.807) is 18.2 Å². The second kappa shape index (κ2) is 8.15. The highest BCUT2D eigenvalue weighted by Crippen LogP contribution is 2.29. The van der Waals surface area contributed by atoms with Crippen molar-refractivity contribution in [3.8, 4) is 5.69 Å². The molecule has 0 aliphatic heterocycles. The first-order valence-electron chi connectivity index (χ1n) is 9.04. The number of rotatable bonds is 5.